The normalized spacial score (nSPS) is 24.0. The van der Waals surface area contributed by atoms with E-state index in [2.05, 4.69) is 44.2 Å². The molecule has 2 nitrogen and oxygen atoms in total. The van der Waals surface area contributed by atoms with Gasteiger partial charge in [-0.2, -0.15) is 11.8 Å². The molecule has 0 amide bonds. The van der Waals surface area contributed by atoms with Crippen LogP contribution in [0.3, 0.4) is 0 Å². The van der Waals surface area contributed by atoms with Gasteiger partial charge in [0, 0.05) is 37.0 Å². The highest BCUT2D eigenvalue weighted by Crippen LogP contribution is 2.23. The highest BCUT2D eigenvalue weighted by Gasteiger charge is 2.25. The predicted octanol–water partition coefficient (Wildman–Crippen LogP) is 2.45. The van der Waals surface area contributed by atoms with Crippen molar-refractivity contribution < 1.29 is 0 Å². The number of nitrogens with one attached hydrogen (secondary N) is 1. The third-order valence-corrected chi connectivity index (χ3v) is 4.49. The molecule has 1 saturated heterocycles. The summed E-state index contributed by atoms with van der Waals surface area (Å²) < 4.78 is 0.389. The van der Waals surface area contributed by atoms with Gasteiger partial charge in [0.2, 0.25) is 0 Å². The van der Waals surface area contributed by atoms with Crippen LogP contribution in [0.4, 0.5) is 0 Å². The number of hydrogen-bond acceptors (Lipinski definition) is 3. The zero-order chi connectivity index (χ0) is 12.2. The van der Waals surface area contributed by atoms with Gasteiger partial charge < -0.3 is 5.32 Å². The summed E-state index contributed by atoms with van der Waals surface area (Å²) in [7, 11) is 0. The third kappa shape index (κ3) is 5.07. The molecule has 1 atom stereocenters. The van der Waals surface area contributed by atoms with Gasteiger partial charge in [-0.05, 0) is 32.4 Å². The molecular formula is C13H28N2S. The Morgan fingerprint density at radius 3 is 2.69 bits per heavy atom. The fraction of sp³-hybridized carbons (Fsp3) is 1.00. The molecule has 0 saturated carbocycles. The molecule has 0 aliphatic carbocycles. The van der Waals surface area contributed by atoms with Gasteiger partial charge in [-0.15, -0.1) is 0 Å². The summed E-state index contributed by atoms with van der Waals surface area (Å²) in [6.07, 6.45) is 3.52. The van der Waals surface area contributed by atoms with E-state index >= 15 is 0 Å². The summed E-state index contributed by atoms with van der Waals surface area (Å²) in [5.41, 5.74) is 0. The maximum absolute atomic E-state index is 3.64. The van der Waals surface area contributed by atoms with Gasteiger partial charge in [-0.3, -0.25) is 4.90 Å². The molecule has 0 aromatic rings. The maximum Gasteiger partial charge on any atom is 0.0227 e. The van der Waals surface area contributed by atoms with E-state index in [1.165, 1.54) is 26.1 Å². The first-order chi connectivity index (χ1) is 7.43. The number of rotatable bonds is 5. The molecule has 0 aromatic carbocycles. The standard InChI is InChI=1S/C13H28N2S/c1-11(2)8-12-9-15(7-6-14-12)10-13(3,4)16-5/h11-12,14H,6-10H2,1-5H3. The lowest BCUT2D eigenvalue weighted by molar-refractivity contribution is 0.177. The summed E-state index contributed by atoms with van der Waals surface area (Å²) in [4.78, 5) is 2.63. The minimum Gasteiger partial charge on any atom is -0.311 e. The Bertz CT molecular complexity index is 204. The van der Waals surface area contributed by atoms with Crippen molar-refractivity contribution >= 4 is 11.8 Å². The van der Waals surface area contributed by atoms with Gasteiger partial charge in [0.15, 0.2) is 0 Å². The second kappa shape index (κ2) is 6.27. The second-order valence-electron chi connectivity index (χ2n) is 5.98. The van der Waals surface area contributed by atoms with E-state index < -0.39 is 0 Å². The predicted molar refractivity (Wildman–Crippen MR) is 75.3 cm³/mol. The Kier molecular flexibility index (Phi) is 5.62. The van der Waals surface area contributed by atoms with E-state index in [4.69, 9.17) is 0 Å². The molecule has 1 heterocycles. The summed E-state index contributed by atoms with van der Waals surface area (Å²) in [6, 6.07) is 0.700. The van der Waals surface area contributed by atoms with Crippen molar-refractivity contribution in [1.29, 1.82) is 0 Å². The molecule has 0 aromatic heterocycles. The van der Waals surface area contributed by atoms with Crippen LogP contribution in [0.25, 0.3) is 0 Å². The molecule has 16 heavy (non-hydrogen) atoms. The van der Waals surface area contributed by atoms with Crippen molar-refractivity contribution in [3.8, 4) is 0 Å². The smallest absolute Gasteiger partial charge is 0.0227 e. The summed E-state index contributed by atoms with van der Waals surface area (Å²) in [5, 5.41) is 3.64. The van der Waals surface area contributed by atoms with E-state index in [-0.39, 0.29) is 0 Å². The minimum absolute atomic E-state index is 0.389. The Labute approximate surface area is 106 Å². The first kappa shape index (κ1) is 14.3. The van der Waals surface area contributed by atoms with Gasteiger partial charge in [-0.25, -0.2) is 0 Å². The van der Waals surface area contributed by atoms with Crippen molar-refractivity contribution in [1.82, 2.24) is 10.2 Å². The fourth-order valence-electron chi connectivity index (χ4n) is 2.37. The highest BCUT2D eigenvalue weighted by atomic mass is 32.2. The van der Waals surface area contributed by atoms with Crippen LogP contribution < -0.4 is 5.32 Å². The number of hydrogen-bond donors (Lipinski definition) is 1. The van der Waals surface area contributed by atoms with Gasteiger partial charge in [-0.1, -0.05) is 13.8 Å². The Balaban J connectivity index is 2.38. The molecule has 1 unspecified atom stereocenters. The topological polar surface area (TPSA) is 15.3 Å². The quantitative estimate of drug-likeness (QED) is 0.800. The molecule has 1 aliphatic heterocycles. The van der Waals surface area contributed by atoms with E-state index in [1.54, 1.807) is 0 Å². The van der Waals surface area contributed by atoms with Crippen molar-refractivity contribution in [2.45, 2.75) is 44.9 Å². The van der Waals surface area contributed by atoms with E-state index in [1.807, 2.05) is 11.8 Å². The van der Waals surface area contributed by atoms with E-state index in [0.29, 0.717) is 10.8 Å². The lowest BCUT2D eigenvalue weighted by atomic mass is 10.0. The average Bonchev–Trinajstić information content (AvgIpc) is 2.16. The summed E-state index contributed by atoms with van der Waals surface area (Å²) >= 11 is 1.97. The maximum atomic E-state index is 3.64. The Morgan fingerprint density at radius 1 is 1.44 bits per heavy atom. The molecule has 1 aliphatic rings. The monoisotopic (exact) mass is 244 g/mol. The lowest BCUT2D eigenvalue weighted by Gasteiger charge is -2.38. The lowest BCUT2D eigenvalue weighted by Crippen LogP contribution is -2.53. The zero-order valence-electron chi connectivity index (χ0n) is 11.5. The van der Waals surface area contributed by atoms with Gasteiger partial charge >= 0.3 is 0 Å². The largest absolute Gasteiger partial charge is 0.311 e. The molecule has 1 fully saturated rings. The van der Waals surface area contributed by atoms with Crippen LogP contribution in [0.5, 0.6) is 0 Å². The number of piperazine rings is 1. The zero-order valence-corrected chi connectivity index (χ0v) is 12.4. The van der Waals surface area contributed by atoms with Crippen LogP contribution in [0.1, 0.15) is 34.1 Å². The Hall–Kier alpha value is 0.270. The molecule has 1 rings (SSSR count). The highest BCUT2D eigenvalue weighted by molar-refractivity contribution is 7.99. The molecule has 96 valence electrons. The Morgan fingerprint density at radius 2 is 2.12 bits per heavy atom. The van der Waals surface area contributed by atoms with Crippen LogP contribution in [0, 0.1) is 5.92 Å². The molecule has 1 N–H and O–H groups in total. The molecule has 0 bridgehead atoms. The molecule has 0 spiro atoms. The minimum atomic E-state index is 0.389. The number of thioether (sulfide) groups is 1. The SMILES string of the molecule is CSC(C)(C)CN1CCNC(CC(C)C)C1. The van der Waals surface area contributed by atoms with Crippen LogP contribution in [0.2, 0.25) is 0 Å². The van der Waals surface area contributed by atoms with E-state index in [0.717, 1.165) is 12.5 Å². The van der Waals surface area contributed by atoms with Crippen molar-refractivity contribution in [2.24, 2.45) is 5.92 Å². The van der Waals surface area contributed by atoms with Crippen molar-refractivity contribution in [3.05, 3.63) is 0 Å². The third-order valence-electron chi connectivity index (χ3n) is 3.25. The second-order valence-corrected chi connectivity index (χ2v) is 7.49. The van der Waals surface area contributed by atoms with E-state index in [9.17, 15) is 0 Å². The molecule has 0 radical (unpaired) electrons. The first-order valence-corrected chi connectivity index (χ1v) is 7.66. The average molecular weight is 244 g/mol. The van der Waals surface area contributed by atoms with Crippen molar-refractivity contribution in [3.63, 3.8) is 0 Å². The number of nitrogens with zero attached hydrogens (tertiary/aromatic N) is 1. The first-order valence-electron chi connectivity index (χ1n) is 6.44. The van der Waals surface area contributed by atoms with Gasteiger partial charge in [0.1, 0.15) is 0 Å². The van der Waals surface area contributed by atoms with Gasteiger partial charge in [0.05, 0.1) is 0 Å². The van der Waals surface area contributed by atoms with Crippen molar-refractivity contribution in [2.75, 3.05) is 32.4 Å². The molecular weight excluding hydrogens is 216 g/mol. The molecule has 3 heteroatoms. The van der Waals surface area contributed by atoms with Crippen LogP contribution in [0.15, 0.2) is 0 Å². The van der Waals surface area contributed by atoms with Gasteiger partial charge in [0.25, 0.3) is 0 Å². The van der Waals surface area contributed by atoms with Crippen LogP contribution in [-0.2, 0) is 0 Å². The van der Waals surface area contributed by atoms with Crippen LogP contribution >= 0.6 is 11.8 Å². The van der Waals surface area contributed by atoms with Crippen LogP contribution in [-0.4, -0.2) is 48.1 Å². The summed E-state index contributed by atoms with van der Waals surface area (Å²) in [5.74, 6) is 0.797. The fourth-order valence-corrected chi connectivity index (χ4v) is 2.68. The summed E-state index contributed by atoms with van der Waals surface area (Å²) in [6.45, 7) is 14.1.